The summed E-state index contributed by atoms with van der Waals surface area (Å²) < 4.78 is 76.4. The van der Waals surface area contributed by atoms with Crippen LogP contribution in [0.1, 0.15) is 34.3 Å². The predicted octanol–water partition coefficient (Wildman–Crippen LogP) is 5.95. The van der Waals surface area contributed by atoms with Gasteiger partial charge in [0.25, 0.3) is 0 Å². The van der Waals surface area contributed by atoms with Gasteiger partial charge in [-0.15, -0.1) is 0 Å². The average molecular weight is 506 g/mol. The van der Waals surface area contributed by atoms with Gasteiger partial charge in [0.1, 0.15) is 0 Å². The van der Waals surface area contributed by atoms with Crippen LogP contribution in [0.25, 0.3) is 0 Å². The highest BCUT2D eigenvalue weighted by Crippen LogP contribution is 2.39. The Morgan fingerprint density at radius 3 is 1.19 bits per heavy atom. The summed E-state index contributed by atoms with van der Waals surface area (Å²) in [6, 6.07) is 4.69. The lowest BCUT2D eigenvalue weighted by atomic mass is 9.93. The van der Waals surface area contributed by atoms with Gasteiger partial charge in [0, 0.05) is 21.0 Å². The first-order valence-corrected chi connectivity index (χ1v) is 8.65. The molecule has 0 aliphatic rings. The molecule has 0 amide bonds. The van der Waals surface area contributed by atoms with Crippen LogP contribution in [0.15, 0.2) is 45.3 Å². The van der Waals surface area contributed by atoms with E-state index in [9.17, 15) is 26.3 Å². The van der Waals surface area contributed by atoms with Crippen LogP contribution in [-0.4, -0.2) is 0 Å². The Labute approximate surface area is 161 Å². The topological polar surface area (TPSA) is 52.0 Å². The quantitative estimate of drug-likeness (QED) is 0.506. The summed E-state index contributed by atoms with van der Waals surface area (Å²) in [5.74, 6) is 0. The first kappa shape index (κ1) is 21.2. The van der Waals surface area contributed by atoms with Crippen molar-refractivity contribution in [2.45, 2.75) is 24.4 Å². The van der Waals surface area contributed by atoms with Crippen molar-refractivity contribution in [3.05, 3.63) is 67.6 Å². The lowest BCUT2D eigenvalue weighted by Gasteiger charge is -2.22. The zero-order chi connectivity index (χ0) is 19.9. The Balaban J connectivity index is 2.31. The minimum Gasteiger partial charge on any atom is -0.322 e. The van der Waals surface area contributed by atoms with Crippen molar-refractivity contribution in [1.29, 1.82) is 0 Å². The summed E-state index contributed by atoms with van der Waals surface area (Å²) in [5, 5.41) is 0. The van der Waals surface area contributed by atoms with Crippen LogP contribution >= 0.6 is 31.9 Å². The van der Waals surface area contributed by atoms with Gasteiger partial charge in [-0.25, -0.2) is 0 Å². The average Bonchev–Trinajstić information content (AvgIpc) is 2.50. The van der Waals surface area contributed by atoms with E-state index in [0.29, 0.717) is 11.1 Å². The van der Waals surface area contributed by atoms with Crippen molar-refractivity contribution in [1.82, 2.24) is 0 Å². The largest absolute Gasteiger partial charge is 0.417 e. The highest BCUT2D eigenvalue weighted by Gasteiger charge is 2.34. The standard InChI is InChI=1S/C16H12Br2F6N2/c17-11-5-7(1-3-9(11)15(19,20)21)13(25)14(26)8-2-4-10(12(18)6-8)16(22,23)24/h1-6,13-14H,25-26H2. The number of rotatable bonds is 3. The number of benzene rings is 2. The fraction of sp³-hybridized carbons (Fsp3) is 0.250. The van der Waals surface area contributed by atoms with Gasteiger partial charge in [0.05, 0.1) is 11.1 Å². The maximum absolute atomic E-state index is 12.8. The van der Waals surface area contributed by atoms with E-state index < -0.39 is 35.6 Å². The summed E-state index contributed by atoms with van der Waals surface area (Å²) in [5.41, 5.74) is 10.9. The van der Waals surface area contributed by atoms with Crippen molar-refractivity contribution in [2.75, 3.05) is 0 Å². The lowest BCUT2D eigenvalue weighted by molar-refractivity contribution is -0.139. The molecule has 2 aromatic carbocycles. The van der Waals surface area contributed by atoms with E-state index in [1.54, 1.807) is 0 Å². The molecule has 0 aromatic heterocycles. The highest BCUT2D eigenvalue weighted by molar-refractivity contribution is 9.10. The van der Waals surface area contributed by atoms with E-state index in [-0.39, 0.29) is 8.95 Å². The number of hydrogen-bond donors (Lipinski definition) is 2. The molecule has 26 heavy (non-hydrogen) atoms. The monoisotopic (exact) mass is 504 g/mol. The summed E-state index contributed by atoms with van der Waals surface area (Å²) in [6.07, 6.45) is -9.05. The van der Waals surface area contributed by atoms with Crippen molar-refractivity contribution in [3.8, 4) is 0 Å². The molecule has 0 fully saturated rings. The molecule has 0 saturated carbocycles. The number of hydrogen-bond acceptors (Lipinski definition) is 2. The molecule has 0 aliphatic carbocycles. The number of alkyl halides is 6. The van der Waals surface area contributed by atoms with E-state index in [1.807, 2.05) is 0 Å². The smallest absolute Gasteiger partial charge is 0.322 e. The van der Waals surface area contributed by atoms with Crippen LogP contribution < -0.4 is 11.5 Å². The number of halogens is 8. The fourth-order valence-corrected chi connectivity index (χ4v) is 3.59. The van der Waals surface area contributed by atoms with E-state index in [4.69, 9.17) is 11.5 Å². The lowest BCUT2D eigenvalue weighted by Crippen LogP contribution is -2.27. The molecule has 10 heteroatoms. The third-order valence-corrected chi connectivity index (χ3v) is 5.07. The molecular formula is C16H12Br2F6N2. The zero-order valence-electron chi connectivity index (χ0n) is 12.8. The molecule has 0 bridgehead atoms. The van der Waals surface area contributed by atoms with Crippen LogP contribution in [0.4, 0.5) is 26.3 Å². The molecule has 4 N–H and O–H groups in total. The van der Waals surface area contributed by atoms with E-state index in [1.165, 1.54) is 24.3 Å². The van der Waals surface area contributed by atoms with Crippen molar-refractivity contribution < 1.29 is 26.3 Å². The minimum atomic E-state index is -4.53. The molecule has 2 nitrogen and oxygen atoms in total. The van der Waals surface area contributed by atoms with E-state index in [0.717, 1.165) is 12.1 Å². The van der Waals surface area contributed by atoms with Gasteiger partial charge in [-0.1, -0.05) is 44.0 Å². The first-order chi connectivity index (χ1) is 11.8. The minimum absolute atomic E-state index is 0.196. The summed E-state index contributed by atoms with van der Waals surface area (Å²) in [4.78, 5) is 0. The molecule has 0 aliphatic heterocycles. The second kappa shape index (κ2) is 7.49. The van der Waals surface area contributed by atoms with Gasteiger partial charge >= 0.3 is 12.4 Å². The van der Waals surface area contributed by atoms with Crippen LogP contribution in [0, 0.1) is 0 Å². The van der Waals surface area contributed by atoms with Crippen LogP contribution in [0.2, 0.25) is 0 Å². The first-order valence-electron chi connectivity index (χ1n) is 7.07. The summed E-state index contributed by atoms with van der Waals surface area (Å²) in [7, 11) is 0. The third-order valence-electron chi connectivity index (χ3n) is 3.75. The van der Waals surface area contributed by atoms with Crippen LogP contribution in [0.3, 0.4) is 0 Å². The molecular weight excluding hydrogens is 494 g/mol. The highest BCUT2D eigenvalue weighted by atomic mass is 79.9. The molecule has 142 valence electrons. The van der Waals surface area contributed by atoms with Gasteiger partial charge in [0.2, 0.25) is 0 Å². The van der Waals surface area contributed by atoms with Crippen LogP contribution in [0.5, 0.6) is 0 Å². The van der Waals surface area contributed by atoms with Gasteiger partial charge in [0.15, 0.2) is 0 Å². The number of nitrogens with two attached hydrogens (primary N) is 2. The molecule has 2 aromatic rings. The van der Waals surface area contributed by atoms with Crippen molar-refractivity contribution in [2.24, 2.45) is 11.5 Å². The SMILES string of the molecule is NC(c1ccc(C(F)(F)F)c(Br)c1)C(N)c1ccc(C(F)(F)F)c(Br)c1. The second-order valence-corrected chi connectivity index (χ2v) is 7.23. The third kappa shape index (κ3) is 4.59. The molecule has 2 rings (SSSR count). The Morgan fingerprint density at radius 2 is 0.962 bits per heavy atom. The van der Waals surface area contributed by atoms with E-state index in [2.05, 4.69) is 31.9 Å². The Hall–Kier alpha value is -1.10. The van der Waals surface area contributed by atoms with Gasteiger partial charge in [-0.3, -0.25) is 0 Å². The predicted molar refractivity (Wildman–Crippen MR) is 92.1 cm³/mol. The maximum Gasteiger partial charge on any atom is 0.417 e. The summed E-state index contributed by atoms with van der Waals surface area (Å²) in [6.45, 7) is 0. The zero-order valence-corrected chi connectivity index (χ0v) is 16.0. The Kier molecular flexibility index (Phi) is 6.11. The van der Waals surface area contributed by atoms with Crippen molar-refractivity contribution in [3.63, 3.8) is 0 Å². The molecule has 0 heterocycles. The second-order valence-electron chi connectivity index (χ2n) is 5.53. The molecule has 0 spiro atoms. The summed E-state index contributed by atoms with van der Waals surface area (Å²) >= 11 is 5.70. The van der Waals surface area contributed by atoms with Gasteiger partial charge in [-0.2, -0.15) is 26.3 Å². The van der Waals surface area contributed by atoms with Gasteiger partial charge < -0.3 is 11.5 Å². The molecule has 0 saturated heterocycles. The molecule has 2 atom stereocenters. The Morgan fingerprint density at radius 1 is 0.654 bits per heavy atom. The maximum atomic E-state index is 12.8. The fourth-order valence-electron chi connectivity index (χ4n) is 2.35. The van der Waals surface area contributed by atoms with Crippen molar-refractivity contribution >= 4 is 31.9 Å². The molecule has 0 radical (unpaired) electrons. The molecule has 2 unspecified atom stereocenters. The van der Waals surface area contributed by atoms with E-state index >= 15 is 0 Å². The van der Waals surface area contributed by atoms with Gasteiger partial charge in [-0.05, 0) is 35.4 Å². The normalized spacial score (nSPS) is 15.0. The Bertz CT molecular complexity index is 737. The van der Waals surface area contributed by atoms with Crippen LogP contribution in [-0.2, 0) is 12.4 Å².